The highest BCUT2D eigenvalue weighted by molar-refractivity contribution is 5.87. The van der Waals surface area contributed by atoms with Crippen molar-refractivity contribution in [3.63, 3.8) is 0 Å². The summed E-state index contributed by atoms with van der Waals surface area (Å²) in [4.78, 5) is 11.0. The molecule has 0 fully saturated rings. The second kappa shape index (κ2) is 8.16. The van der Waals surface area contributed by atoms with E-state index in [2.05, 4.69) is 0 Å². The number of hydrogen-bond donors (Lipinski definition) is 1. The highest BCUT2D eigenvalue weighted by Crippen LogP contribution is 2.20. The monoisotopic (exact) mass is 352 g/mol. The Labute approximate surface area is 150 Å². The number of benzene rings is 3. The zero-order valence-corrected chi connectivity index (χ0v) is 13.9. The van der Waals surface area contributed by atoms with Crippen molar-refractivity contribution in [1.82, 2.24) is 0 Å². The van der Waals surface area contributed by atoms with Crippen LogP contribution in [0.2, 0.25) is 0 Å². The maximum absolute atomic E-state index is 13.8. The number of aromatic carboxylic acids is 1. The van der Waals surface area contributed by atoms with Gasteiger partial charge < -0.3 is 14.6 Å². The summed E-state index contributed by atoms with van der Waals surface area (Å²) >= 11 is 0. The summed E-state index contributed by atoms with van der Waals surface area (Å²) in [7, 11) is 0. The molecule has 1 N–H and O–H groups in total. The summed E-state index contributed by atoms with van der Waals surface area (Å²) in [5, 5.41) is 8.97. The zero-order valence-electron chi connectivity index (χ0n) is 13.9. The number of hydrogen-bond acceptors (Lipinski definition) is 3. The van der Waals surface area contributed by atoms with Crippen LogP contribution in [0.15, 0.2) is 72.8 Å². The van der Waals surface area contributed by atoms with Gasteiger partial charge in [-0.05, 0) is 48.0 Å². The van der Waals surface area contributed by atoms with Crippen molar-refractivity contribution < 1.29 is 23.8 Å². The van der Waals surface area contributed by atoms with Crippen LogP contribution >= 0.6 is 0 Å². The number of carboxylic acid groups (broad SMARTS) is 1. The second-order valence-electron chi connectivity index (χ2n) is 5.65. The van der Waals surface area contributed by atoms with E-state index >= 15 is 0 Å². The fourth-order valence-electron chi connectivity index (χ4n) is 2.35. The Bertz CT molecular complexity index is 876. The lowest BCUT2D eigenvalue weighted by molar-refractivity contribution is 0.0696. The third kappa shape index (κ3) is 4.60. The van der Waals surface area contributed by atoms with E-state index in [4.69, 9.17) is 14.6 Å². The summed E-state index contributed by atoms with van der Waals surface area (Å²) < 4.78 is 25.0. The van der Waals surface area contributed by atoms with E-state index in [1.54, 1.807) is 24.3 Å². The number of carbonyl (C=O) groups is 1. The van der Waals surface area contributed by atoms with Gasteiger partial charge in [0, 0.05) is 5.56 Å². The molecule has 0 atom stereocenters. The smallest absolute Gasteiger partial charge is 0.335 e. The highest BCUT2D eigenvalue weighted by Gasteiger charge is 2.09. The van der Waals surface area contributed by atoms with Gasteiger partial charge in [-0.15, -0.1) is 0 Å². The molecule has 0 unspecified atom stereocenters. The number of halogens is 1. The van der Waals surface area contributed by atoms with E-state index in [9.17, 15) is 9.18 Å². The molecule has 0 spiro atoms. The molecule has 0 aliphatic rings. The first-order valence-corrected chi connectivity index (χ1v) is 8.03. The second-order valence-corrected chi connectivity index (χ2v) is 5.65. The summed E-state index contributed by atoms with van der Waals surface area (Å²) in [6.45, 7) is 0.408. The molecular formula is C21H17FO4. The molecule has 0 saturated heterocycles. The van der Waals surface area contributed by atoms with Crippen molar-refractivity contribution >= 4 is 5.97 Å². The molecule has 3 aromatic carbocycles. The lowest BCUT2D eigenvalue weighted by Gasteiger charge is -2.10. The Morgan fingerprint density at radius 1 is 0.846 bits per heavy atom. The van der Waals surface area contributed by atoms with E-state index in [0.29, 0.717) is 18.1 Å². The molecule has 0 heterocycles. The number of rotatable bonds is 7. The predicted molar refractivity (Wildman–Crippen MR) is 94.9 cm³/mol. The van der Waals surface area contributed by atoms with Crippen molar-refractivity contribution in [1.29, 1.82) is 0 Å². The molecule has 5 heteroatoms. The summed E-state index contributed by atoms with van der Waals surface area (Å²) in [5.74, 6) is -0.374. The Kier molecular flexibility index (Phi) is 5.49. The fraction of sp³-hybridized carbons (Fsp3) is 0.0952. The van der Waals surface area contributed by atoms with Crippen LogP contribution in [0.1, 0.15) is 21.5 Å². The van der Waals surface area contributed by atoms with Gasteiger partial charge in [-0.1, -0.05) is 30.3 Å². The lowest BCUT2D eigenvalue weighted by atomic mass is 10.1. The molecule has 132 valence electrons. The average molecular weight is 352 g/mol. The van der Waals surface area contributed by atoms with Crippen molar-refractivity contribution in [3.8, 4) is 11.5 Å². The van der Waals surface area contributed by atoms with Gasteiger partial charge in [-0.2, -0.15) is 0 Å². The molecule has 0 bridgehead atoms. The van der Waals surface area contributed by atoms with E-state index < -0.39 is 11.8 Å². The quantitative estimate of drug-likeness (QED) is 0.671. The van der Waals surface area contributed by atoms with Gasteiger partial charge in [0.15, 0.2) is 0 Å². The minimum Gasteiger partial charge on any atom is -0.489 e. The Hall–Kier alpha value is -3.34. The Balaban J connectivity index is 1.58. The minimum atomic E-state index is -1.11. The van der Waals surface area contributed by atoms with Gasteiger partial charge in [0.25, 0.3) is 0 Å². The fourth-order valence-corrected chi connectivity index (χ4v) is 2.35. The first kappa shape index (κ1) is 17.5. The van der Waals surface area contributed by atoms with E-state index in [-0.39, 0.29) is 17.7 Å². The van der Waals surface area contributed by atoms with Crippen LogP contribution in [0, 0.1) is 5.82 Å². The van der Waals surface area contributed by atoms with Crippen molar-refractivity contribution in [2.24, 2.45) is 0 Å². The third-order valence-corrected chi connectivity index (χ3v) is 3.76. The van der Waals surface area contributed by atoms with E-state index in [1.165, 1.54) is 12.1 Å². The molecule has 0 amide bonds. The van der Waals surface area contributed by atoms with Crippen molar-refractivity contribution in [3.05, 3.63) is 95.3 Å². The average Bonchev–Trinajstić information content (AvgIpc) is 2.67. The predicted octanol–water partition coefficient (Wildman–Crippen LogP) is 4.68. The maximum atomic E-state index is 13.8. The highest BCUT2D eigenvalue weighted by atomic mass is 19.1. The Morgan fingerprint density at radius 2 is 1.46 bits per heavy atom. The normalized spacial score (nSPS) is 10.3. The van der Waals surface area contributed by atoms with E-state index in [1.807, 2.05) is 30.3 Å². The van der Waals surface area contributed by atoms with Gasteiger partial charge in [-0.3, -0.25) is 0 Å². The van der Waals surface area contributed by atoms with Crippen LogP contribution < -0.4 is 9.47 Å². The van der Waals surface area contributed by atoms with Gasteiger partial charge in [-0.25, -0.2) is 9.18 Å². The number of ether oxygens (including phenoxy) is 2. The van der Waals surface area contributed by atoms with Gasteiger partial charge in [0.05, 0.1) is 5.56 Å². The molecule has 26 heavy (non-hydrogen) atoms. The minimum absolute atomic E-state index is 0.0228. The van der Waals surface area contributed by atoms with Gasteiger partial charge in [0.1, 0.15) is 30.5 Å². The van der Waals surface area contributed by atoms with Crippen LogP contribution in [0.4, 0.5) is 4.39 Å². The molecule has 0 aliphatic heterocycles. The first-order chi connectivity index (χ1) is 12.6. The first-order valence-electron chi connectivity index (χ1n) is 8.03. The SMILES string of the molecule is O=C(O)c1ccc(F)c(COc2ccc(OCc3ccccc3)cc2)c1. The molecule has 0 aliphatic carbocycles. The maximum Gasteiger partial charge on any atom is 0.335 e. The van der Waals surface area contributed by atoms with Crippen LogP contribution in [-0.2, 0) is 13.2 Å². The lowest BCUT2D eigenvalue weighted by Crippen LogP contribution is -2.03. The van der Waals surface area contributed by atoms with Crippen LogP contribution in [0.25, 0.3) is 0 Å². The molecular weight excluding hydrogens is 335 g/mol. The van der Waals surface area contributed by atoms with Gasteiger partial charge >= 0.3 is 5.97 Å². The number of carboxylic acids is 1. The largest absolute Gasteiger partial charge is 0.489 e. The van der Waals surface area contributed by atoms with Crippen LogP contribution in [-0.4, -0.2) is 11.1 Å². The molecule has 0 saturated carbocycles. The van der Waals surface area contributed by atoms with Crippen LogP contribution in [0.3, 0.4) is 0 Å². The molecule has 0 aromatic heterocycles. The van der Waals surface area contributed by atoms with E-state index in [0.717, 1.165) is 11.6 Å². The van der Waals surface area contributed by atoms with Crippen molar-refractivity contribution in [2.75, 3.05) is 0 Å². The Morgan fingerprint density at radius 3 is 2.08 bits per heavy atom. The summed E-state index contributed by atoms with van der Waals surface area (Å²) in [5.41, 5.74) is 1.28. The molecule has 3 aromatic rings. The zero-order chi connectivity index (χ0) is 18.4. The standard InChI is InChI=1S/C21H17FO4/c22-20-11-6-16(21(23)24)12-17(20)14-26-19-9-7-18(8-10-19)25-13-15-4-2-1-3-5-15/h1-12H,13-14H2,(H,23,24). The molecule has 0 radical (unpaired) electrons. The molecule has 3 rings (SSSR count). The van der Waals surface area contributed by atoms with Gasteiger partial charge in [0.2, 0.25) is 0 Å². The summed E-state index contributed by atoms with van der Waals surface area (Å²) in [6, 6.07) is 20.4. The molecule has 4 nitrogen and oxygen atoms in total. The summed E-state index contributed by atoms with van der Waals surface area (Å²) in [6.07, 6.45) is 0. The topological polar surface area (TPSA) is 55.8 Å². The van der Waals surface area contributed by atoms with Crippen molar-refractivity contribution in [2.45, 2.75) is 13.2 Å². The third-order valence-electron chi connectivity index (χ3n) is 3.76. The van der Waals surface area contributed by atoms with Crippen LogP contribution in [0.5, 0.6) is 11.5 Å².